The highest BCUT2D eigenvalue weighted by Crippen LogP contribution is 2.32. The van der Waals surface area contributed by atoms with Gasteiger partial charge < -0.3 is 14.8 Å². The zero-order valence-corrected chi connectivity index (χ0v) is 14.3. The molecule has 2 aromatic rings. The topological polar surface area (TPSA) is 105 Å². The van der Waals surface area contributed by atoms with Crippen molar-refractivity contribution in [3.63, 3.8) is 0 Å². The number of fused-ring (bicyclic) bond motifs is 1. The minimum absolute atomic E-state index is 0.233. The fourth-order valence-corrected chi connectivity index (χ4v) is 2.91. The van der Waals surface area contributed by atoms with E-state index in [2.05, 4.69) is 17.4 Å². The molecule has 0 aromatic heterocycles. The van der Waals surface area contributed by atoms with Crippen LogP contribution in [-0.2, 0) is 19.6 Å². The number of benzene rings is 2. The number of ether oxygens (including phenoxy) is 2. The summed E-state index contributed by atoms with van der Waals surface area (Å²) < 4.78 is 40.6. The first kappa shape index (κ1) is 17.7. The number of hydrogen-bond acceptors (Lipinski definition) is 5. The quantitative estimate of drug-likeness (QED) is 0.419. The molecule has 1 amide bonds. The van der Waals surface area contributed by atoms with E-state index >= 15 is 0 Å². The summed E-state index contributed by atoms with van der Waals surface area (Å²) in [4.78, 5) is 11.2. The van der Waals surface area contributed by atoms with E-state index in [0.29, 0.717) is 13.0 Å². The second kappa shape index (κ2) is 7.38. The smallest absolute Gasteiger partial charge is 0.274 e. The van der Waals surface area contributed by atoms with Crippen LogP contribution in [0.15, 0.2) is 36.4 Å². The van der Waals surface area contributed by atoms with Gasteiger partial charge in [-0.2, -0.15) is 8.42 Å². The van der Waals surface area contributed by atoms with Gasteiger partial charge in [-0.25, -0.2) is 0 Å². The van der Waals surface area contributed by atoms with Gasteiger partial charge in [0.2, 0.25) is 5.91 Å². The standard InChI is InChI=1S/C17H19NO6S/c19-17(11-25(20,21)22)18-6-1-7-23-15-5-4-12-8-14(16-10-24-16)3-2-13(12)9-15/h2-5,8-9,16H,1,6-7,10-11H2,(H,18,19)(H,20,21,22). The summed E-state index contributed by atoms with van der Waals surface area (Å²) in [6.07, 6.45) is 0.754. The van der Waals surface area contributed by atoms with Gasteiger partial charge in [-0.3, -0.25) is 9.35 Å². The fourth-order valence-electron chi connectivity index (χ4n) is 2.48. The molecule has 0 saturated carbocycles. The third kappa shape index (κ3) is 5.42. The molecule has 134 valence electrons. The van der Waals surface area contributed by atoms with Crippen molar-refractivity contribution in [2.75, 3.05) is 25.5 Å². The first-order valence-electron chi connectivity index (χ1n) is 7.91. The summed E-state index contributed by atoms with van der Waals surface area (Å²) in [5.41, 5.74) is 1.18. The second-order valence-electron chi connectivity index (χ2n) is 5.87. The first-order chi connectivity index (χ1) is 11.9. The van der Waals surface area contributed by atoms with Crippen LogP contribution in [0.5, 0.6) is 5.75 Å². The molecule has 7 nitrogen and oxygen atoms in total. The first-order valence-corrected chi connectivity index (χ1v) is 9.52. The average Bonchev–Trinajstić information content (AvgIpc) is 3.37. The van der Waals surface area contributed by atoms with E-state index in [4.69, 9.17) is 14.0 Å². The minimum Gasteiger partial charge on any atom is -0.494 e. The number of epoxide rings is 1. The Kier molecular flexibility index (Phi) is 5.22. The van der Waals surface area contributed by atoms with Crippen LogP contribution in [-0.4, -0.2) is 44.4 Å². The van der Waals surface area contributed by atoms with E-state index in [-0.39, 0.29) is 12.6 Å². The number of rotatable bonds is 8. The van der Waals surface area contributed by atoms with Crippen molar-refractivity contribution >= 4 is 26.8 Å². The molecule has 0 spiro atoms. The van der Waals surface area contributed by atoms with Gasteiger partial charge in [0.05, 0.1) is 13.2 Å². The van der Waals surface area contributed by atoms with Crippen LogP contribution in [0.4, 0.5) is 0 Å². The van der Waals surface area contributed by atoms with Crippen molar-refractivity contribution in [3.8, 4) is 5.75 Å². The summed E-state index contributed by atoms with van der Waals surface area (Å²) >= 11 is 0. The molecule has 0 bridgehead atoms. The zero-order valence-electron chi connectivity index (χ0n) is 13.5. The van der Waals surface area contributed by atoms with Crippen molar-refractivity contribution in [2.45, 2.75) is 12.5 Å². The fraction of sp³-hybridized carbons (Fsp3) is 0.353. The number of nitrogens with one attached hydrogen (secondary N) is 1. The van der Waals surface area contributed by atoms with Gasteiger partial charge in [-0.15, -0.1) is 0 Å². The summed E-state index contributed by atoms with van der Waals surface area (Å²) in [6.45, 7) is 1.44. The molecule has 2 aromatic carbocycles. The molecule has 8 heteroatoms. The van der Waals surface area contributed by atoms with Crippen molar-refractivity contribution in [1.82, 2.24) is 5.32 Å². The molecule has 0 aliphatic carbocycles. The van der Waals surface area contributed by atoms with Crippen molar-refractivity contribution < 1.29 is 27.2 Å². The molecule has 0 radical (unpaired) electrons. The monoisotopic (exact) mass is 365 g/mol. The van der Waals surface area contributed by atoms with Gasteiger partial charge in [0.15, 0.2) is 5.75 Å². The van der Waals surface area contributed by atoms with Gasteiger partial charge >= 0.3 is 0 Å². The van der Waals surface area contributed by atoms with Gasteiger partial charge in [-0.1, -0.05) is 18.2 Å². The summed E-state index contributed by atoms with van der Waals surface area (Å²) in [7, 11) is -4.29. The Morgan fingerprint density at radius 3 is 2.68 bits per heavy atom. The lowest BCUT2D eigenvalue weighted by atomic mass is 10.1. The molecule has 1 aliphatic rings. The zero-order chi connectivity index (χ0) is 17.9. The molecule has 1 fully saturated rings. The van der Waals surface area contributed by atoms with Crippen LogP contribution in [0.25, 0.3) is 10.8 Å². The molecule has 1 atom stereocenters. The van der Waals surface area contributed by atoms with Crippen molar-refractivity contribution in [3.05, 3.63) is 42.0 Å². The summed E-state index contributed by atoms with van der Waals surface area (Å²) in [6, 6.07) is 12.0. The van der Waals surface area contributed by atoms with E-state index in [1.165, 1.54) is 5.56 Å². The molecule has 3 rings (SSSR count). The molecule has 1 unspecified atom stereocenters. The van der Waals surface area contributed by atoms with Crippen LogP contribution in [0, 0.1) is 0 Å². The predicted molar refractivity (Wildman–Crippen MR) is 92.2 cm³/mol. The number of carbonyl (C=O) groups is 1. The lowest BCUT2D eigenvalue weighted by Gasteiger charge is -2.08. The molecule has 2 N–H and O–H groups in total. The highest BCUT2D eigenvalue weighted by molar-refractivity contribution is 7.86. The predicted octanol–water partition coefficient (Wildman–Crippen LogP) is 1.68. The highest BCUT2D eigenvalue weighted by atomic mass is 32.2. The summed E-state index contributed by atoms with van der Waals surface area (Å²) in [5, 5.41) is 4.60. The van der Waals surface area contributed by atoms with Gasteiger partial charge in [0.1, 0.15) is 11.9 Å². The van der Waals surface area contributed by atoms with E-state index < -0.39 is 21.8 Å². The Balaban J connectivity index is 1.45. The number of carbonyl (C=O) groups excluding carboxylic acids is 1. The van der Waals surface area contributed by atoms with Gasteiger partial charge in [0, 0.05) is 6.54 Å². The second-order valence-corrected chi connectivity index (χ2v) is 7.32. The minimum atomic E-state index is -4.29. The van der Waals surface area contributed by atoms with Crippen LogP contribution >= 0.6 is 0 Å². The Hall–Kier alpha value is -2.16. The lowest BCUT2D eigenvalue weighted by Crippen LogP contribution is -2.31. The number of amides is 1. The van der Waals surface area contributed by atoms with Crippen LogP contribution in [0.1, 0.15) is 18.1 Å². The van der Waals surface area contributed by atoms with E-state index in [1.54, 1.807) is 0 Å². The van der Waals surface area contributed by atoms with E-state index in [1.807, 2.05) is 24.3 Å². The SMILES string of the molecule is O=C(CS(=O)(=O)O)NCCCOc1ccc2cc(C3CO3)ccc2c1. The Labute approximate surface area is 145 Å². The molecule has 1 saturated heterocycles. The van der Waals surface area contributed by atoms with Crippen LogP contribution in [0.2, 0.25) is 0 Å². The van der Waals surface area contributed by atoms with Crippen molar-refractivity contribution in [2.24, 2.45) is 0 Å². The van der Waals surface area contributed by atoms with E-state index in [9.17, 15) is 13.2 Å². The molecule has 1 heterocycles. The van der Waals surface area contributed by atoms with Crippen molar-refractivity contribution in [1.29, 1.82) is 0 Å². The largest absolute Gasteiger partial charge is 0.494 e. The summed E-state index contributed by atoms with van der Waals surface area (Å²) in [5.74, 6) is -0.928. The lowest BCUT2D eigenvalue weighted by molar-refractivity contribution is -0.118. The highest BCUT2D eigenvalue weighted by Gasteiger charge is 2.24. The number of hydrogen-bond donors (Lipinski definition) is 2. The average molecular weight is 365 g/mol. The maximum absolute atomic E-state index is 11.2. The molecule has 25 heavy (non-hydrogen) atoms. The Morgan fingerprint density at radius 2 is 1.96 bits per heavy atom. The normalized spacial score (nSPS) is 16.6. The Morgan fingerprint density at radius 1 is 1.24 bits per heavy atom. The maximum Gasteiger partial charge on any atom is 0.274 e. The van der Waals surface area contributed by atoms with Crippen LogP contribution < -0.4 is 10.1 Å². The van der Waals surface area contributed by atoms with Gasteiger partial charge in [-0.05, 0) is 41.0 Å². The molecular weight excluding hydrogens is 346 g/mol. The van der Waals surface area contributed by atoms with E-state index in [0.717, 1.165) is 23.1 Å². The van der Waals surface area contributed by atoms with Gasteiger partial charge in [0.25, 0.3) is 10.1 Å². The Bertz CT molecular complexity index is 876. The molecule has 1 aliphatic heterocycles. The molecular formula is C17H19NO6S. The maximum atomic E-state index is 11.2. The van der Waals surface area contributed by atoms with Crippen LogP contribution in [0.3, 0.4) is 0 Å². The third-order valence-corrected chi connectivity index (χ3v) is 4.39. The third-order valence-electron chi connectivity index (χ3n) is 3.77.